The average Bonchev–Trinajstić information content (AvgIpc) is 3.36. The van der Waals surface area contributed by atoms with Crippen molar-refractivity contribution in [3.05, 3.63) is 63.6 Å². The molecule has 1 fully saturated rings. The number of likely N-dealkylation sites (tertiary alicyclic amines) is 1. The molecule has 2 aromatic carbocycles. The van der Waals surface area contributed by atoms with Gasteiger partial charge in [-0.25, -0.2) is 0 Å². The molecule has 1 aliphatic rings. The minimum Gasteiger partial charge on any atom is -0.495 e. The van der Waals surface area contributed by atoms with Crippen LogP contribution in [-0.2, 0) is 4.79 Å². The Morgan fingerprint density at radius 3 is 2.56 bits per heavy atom. The van der Waals surface area contributed by atoms with Crippen molar-refractivity contribution in [1.29, 1.82) is 0 Å². The van der Waals surface area contributed by atoms with E-state index in [-0.39, 0.29) is 34.3 Å². The summed E-state index contributed by atoms with van der Waals surface area (Å²) in [5.41, 5.74) is 1.14. The standard InChI is InChI=1S/C23H22ClN5O4S/c1-33-18-7-3-2-6-17(18)26-19(30)14-5-4-12-29(13-14)23(32)22-28-27-21(34-22)20(31)25-16-10-8-15(24)9-11-16/h2-3,6-11,14H,4-5,12-13H2,1H3,(H,25,31)(H,26,30)/t14-/m0/s1. The number of halogens is 1. The van der Waals surface area contributed by atoms with Crippen molar-refractivity contribution in [2.45, 2.75) is 12.8 Å². The number of piperidine rings is 1. The number of benzene rings is 2. The number of nitrogens with zero attached hydrogens (tertiary/aromatic N) is 3. The summed E-state index contributed by atoms with van der Waals surface area (Å²) >= 11 is 6.77. The van der Waals surface area contributed by atoms with Gasteiger partial charge in [-0.15, -0.1) is 10.2 Å². The van der Waals surface area contributed by atoms with E-state index in [2.05, 4.69) is 20.8 Å². The SMILES string of the molecule is COc1ccccc1NC(=O)[C@H]1CCCN(C(=O)c2nnc(C(=O)Nc3ccc(Cl)cc3)s2)C1. The molecule has 1 aromatic heterocycles. The van der Waals surface area contributed by atoms with Crippen molar-refractivity contribution < 1.29 is 19.1 Å². The van der Waals surface area contributed by atoms with Crippen LogP contribution in [0, 0.1) is 5.92 Å². The number of para-hydroxylation sites is 2. The van der Waals surface area contributed by atoms with Crippen LogP contribution in [0.2, 0.25) is 5.02 Å². The largest absolute Gasteiger partial charge is 0.495 e. The van der Waals surface area contributed by atoms with E-state index in [0.717, 1.165) is 11.3 Å². The van der Waals surface area contributed by atoms with Crippen LogP contribution in [0.1, 0.15) is 32.4 Å². The van der Waals surface area contributed by atoms with Crippen LogP contribution in [0.25, 0.3) is 0 Å². The van der Waals surface area contributed by atoms with Gasteiger partial charge >= 0.3 is 0 Å². The number of carbonyl (C=O) groups excluding carboxylic acids is 3. The molecular formula is C23H22ClN5O4S. The molecule has 0 saturated carbocycles. The maximum absolute atomic E-state index is 13.0. The zero-order valence-electron chi connectivity index (χ0n) is 18.3. The summed E-state index contributed by atoms with van der Waals surface area (Å²) in [7, 11) is 1.54. The van der Waals surface area contributed by atoms with Gasteiger partial charge in [-0.05, 0) is 49.2 Å². The lowest BCUT2D eigenvalue weighted by atomic mass is 9.97. The second-order valence-electron chi connectivity index (χ2n) is 7.65. The molecule has 2 N–H and O–H groups in total. The van der Waals surface area contributed by atoms with Gasteiger partial charge in [-0.1, -0.05) is 35.1 Å². The number of methoxy groups -OCH3 is 1. The van der Waals surface area contributed by atoms with Gasteiger partial charge < -0.3 is 20.3 Å². The lowest BCUT2D eigenvalue weighted by molar-refractivity contribution is -0.121. The summed E-state index contributed by atoms with van der Waals surface area (Å²) in [6.07, 6.45) is 1.34. The zero-order valence-corrected chi connectivity index (χ0v) is 19.9. The number of nitrogens with one attached hydrogen (secondary N) is 2. The first-order valence-electron chi connectivity index (χ1n) is 10.6. The van der Waals surface area contributed by atoms with Crippen LogP contribution < -0.4 is 15.4 Å². The molecule has 34 heavy (non-hydrogen) atoms. The summed E-state index contributed by atoms with van der Waals surface area (Å²) in [4.78, 5) is 39.9. The molecule has 0 radical (unpaired) electrons. The van der Waals surface area contributed by atoms with Crippen molar-refractivity contribution in [3.8, 4) is 5.75 Å². The Hall–Kier alpha value is -3.50. The third-order valence-electron chi connectivity index (χ3n) is 5.35. The van der Waals surface area contributed by atoms with Crippen LogP contribution in [0.5, 0.6) is 5.75 Å². The molecule has 2 heterocycles. The molecule has 1 atom stereocenters. The van der Waals surface area contributed by atoms with Gasteiger partial charge in [0, 0.05) is 23.8 Å². The van der Waals surface area contributed by atoms with Crippen molar-refractivity contribution in [3.63, 3.8) is 0 Å². The average molecular weight is 500 g/mol. The van der Waals surface area contributed by atoms with E-state index in [4.69, 9.17) is 16.3 Å². The van der Waals surface area contributed by atoms with Gasteiger partial charge in [0.25, 0.3) is 11.8 Å². The highest BCUT2D eigenvalue weighted by Gasteiger charge is 2.31. The third-order valence-corrected chi connectivity index (χ3v) is 6.51. The van der Waals surface area contributed by atoms with E-state index in [1.165, 1.54) is 7.11 Å². The molecule has 1 saturated heterocycles. The molecule has 0 unspecified atom stereocenters. The summed E-state index contributed by atoms with van der Waals surface area (Å²) in [6, 6.07) is 13.8. The van der Waals surface area contributed by atoms with Crippen molar-refractivity contribution in [1.82, 2.24) is 15.1 Å². The minimum atomic E-state index is -0.466. The number of anilines is 2. The molecule has 176 valence electrons. The van der Waals surface area contributed by atoms with E-state index in [9.17, 15) is 14.4 Å². The number of carbonyl (C=O) groups is 3. The van der Waals surface area contributed by atoms with Gasteiger partial charge in [0.05, 0.1) is 18.7 Å². The van der Waals surface area contributed by atoms with Gasteiger partial charge in [-0.2, -0.15) is 0 Å². The van der Waals surface area contributed by atoms with Gasteiger partial charge in [0.15, 0.2) is 0 Å². The number of amides is 3. The van der Waals surface area contributed by atoms with Crippen LogP contribution in [-0.4, -0.2) is 53.0 Å². The maximum atomic E-state index is 13.0. The molecule has 4 rings (SSSR count). The van der Waals surface area contributed by atoms with Gasteiger partial charge in [0.2, 0.25) is 15.9 Å². The molecular weight excluding hydrogens is 478 g/mol. The number of ether oxygens (including phenoxy) is 1. The topological polar surface area (TPSA) is 114 Å². The first kappa shape index (κ1) is 23.7. The first-order valence-corrected chi connectivity index (χ1v) is 11.8. The first-order chi connectivity index (χ1) is 16.4. The fourth-order valence-electron chi connectivity index (χ4n) is 3.61. The Morgan fingerprint density at radius 1 is 1.06 bits per heavy atom. The Balaban J connectivity index is 1.38. The number of rotatable bonds is 6. The number of aromatic nitrogens is 2. The lowest BCUT2D eigenvalue weighted by Gasteiger charge is -2.31. The Morgan fingerprint density at radius 2 is 1.79 bits per heavy atom. The Bertz CT molecular complexity index is 1200. The van der Waals surface area contributed by atoms with Crippen molar-refractivity contribution in [2.75, 3.05) is 30.8 Å². The highest BCUT2D eigenvalue weighted by atomic mass is 35.5. The molecule has 0 bridgehead atoms. The second kappa shape index (κ2) is 10.6. The monoisotopic (exact) mass is 499 g/mol. The molecule has 3 aromatic rings. The number of hydrogen-bond donors (Lipinski definition) is 2. The lowest BCUT2D eigenvalue weighted by Crippen LogP contribution is -2.43. The Kier molecular flexibility index (Phi) is 7.39. The highest BCUT2D eigenvalue weighted by molar-refractivity contribution is 7.15. The van der Waals surface area contributed by atoms with Crippen LogP contribution in [0.4, 0.5) is 11.4 Å². The van der Waals surface area contributed by atoms with Crippen LogP contribution in [0.15, 0.2) is 48.5 Å². The van der Waals surface area contributed by atoms with E-state index in [1.54, 1.807) is 41.3 Å². The maximum Gasteiger partial charge on any atom is 0.286 e. The van der Waals surface area contributed by atoms with E-state index in [0.29, 0.717) is 41.5 Å². The fourth-order valence-corrected chi connectivity index (χ4v) is 4.45. The Labute approximate surface area is 205 Å². The summed E-state index contributed by atoms with van der Waals surface area (Å²) in [5.74, 6) is -0.798. The normalized spacial score (nSPS) is 15.5. The van der Waals surface area contributed by atoms with E-state index in [1.807, 2.05) is 12.1 Å². The highest BCUT2D eigenvalue weighted by Crippen LogP contribution is 2.26. The minimum absolute atomic E-state index is 0.0702. The van der Waals surface area contributed by atoms with Gasteiger partial charge in [-0.3, -0.25) is 14.4 Å². The van der Waals surface area contributed by atoms with Crippen LogP contribution >= 0.6 is 22.9 Å². The molecule has 1 aliphatic heterocycles. The second-order valence-corrected chi connectivity index (χ2v) is 9.07. The molecule has 3 amide bonds. The molecule has 0 spiro atoms. The van der Waals surface area contributed by atoms with Crippen molar-refractivity contribution in [2.24, 2.45) is 5.92 Å². The quantitative estimate of drug-likeness (QED) is 0.531. The molecule has 11 heteroatoms. The smallest absolute Gasteiger partial charge is 0.286 e. The fraction of sp³-hybridized carbons (Fsp3) is 0.261. The van der Waals surface area contributed by atoms with Crippen molar-refractivity contribution >= 4 is 52.0 Å². The summed E-state index contributed by atoms with van der Waals surface area (Å²) in [6.45, 7) is 0.759. The summed E-state index contributed by atoms with van der Waals surface area (Å²) in [5, 5.41) is 14.1. The molecule has 0 aliphatic carbocycles. The van der Waals surface area contributed by atoms with E-state index >= 15 is 0 Å². The number of hydrogen-bond acceptors (Lipinski definition) is 7. The van der Waals surface area contributed by atoms with Crippen LogP contribution in [0.3, 0.4) is 0 Å². The predicted molar refractivity (Wildman–Crippen MR) is 130 cm³/mol. The van der Waals surface area contributed by atoms with Gasteiger partial charge in [0.1, 0.15) is 5.75 Å². The zero-order chi connectivity index (χ0) is 24.1. The summed E-state index contributed by atoms with van der Waals surface area (Å²) < 4.78 is 5.28. The third kappa shape index (κ3) is 5.52. The van der Waals surface area contributed by atoms with E-state index < -0.39 is 5.91 Å². The predicted octanol–water partition coefficient (Wildman–Crippen LogP) is 3.94. The molecule has 9 nitrogen and oxygen atoms in total.